The number of amides is 1. The second-order valence-electron chi connectivity index (χ2n) is 5.35. The molecule has 7 heteroatoms. The van der Waals surface area contributed by atoms with Crippen molar-refractivity contribution < 1.29 is 4.79 Å². The molecule has 0 aliphatic carbocycles. The van der Waals surface area contributed by atoms with E-state index in [4.69, 9.17) is 5.73 Å². The summed E-state index contributed by atoms with van der Waals surface area (Å²) in [6, 6.07) is 0.412. The van der Waals surface area contributed by atoms with Gasteiger partial charge in [0.2, 0.25) is 0 Å². The van der Waals surface area contributed by atoms with E-state index >= 15 is 0 Å². The first-order valence-electron chi connectivity index (χ1n) is 7.10. The number of fused-ring (bicyclic) bond motifs is 1. The Kier molecular flexibility index (Phi) is 3.77. The lowest BCUT2D eigenvalue weighted by Crippen LogP contribution is -2.52. The molecule has 2 N–H and O–H groups in total. The molecule has 0 aromatic carbocycles. The molecule has 2 aromatic heterocycles. The van der Waals surface area contributed by atoms with Crippen LogP contribution in [0.4, 0.5) is 5.69 Å². The fourth-order valence-corrected chi connectivity index (χ4v) is 3.71. The fraction of sp³-hybridized carbons (Fsp3) is 0.500. The van der Waals surface area contributed by atoms with Gasteiger partial charge < -0.3 is 10.6 Å². The lowest BCUT2D eigenvalue weighted by Gasteiger charge is -2.39. The minimum absolute atomic E-state index is 0.00356. The summed E-state index contributed by atoms with van der Waals surface area (Å²) in [6.45, 7) is 4.53. The first-order chi connectivity index (χ1) is 10.1. The van der Waals surface area contributed by atoms with Crippen molar-refractivity contribution in [3.8, 4) is 0 Å². The number of aromatic nitrogens is 2. The molecule has 1 atom stereocenters. The molecule has 1 unspecified atom stereocenters. The van der Waals surface area contributed by atoms with Gasteiger partial charge in [0.1, 0.15) is 15.2 Å². The number of carbonyl (C=O) groups is 1. The number of nitrogens with two attached hydrogens (primary N) is 1. The van der Waals surface area contributed by atoms with Gasteiger partial charge in [0.15, 0.2) is 0 Å². The molecule has 1 saturated heterocycles. The molecule has 2 aromatic rings. The number of hydrogen-bond donors (Lipinski definition) is 1. The van der Waals surface area contributed by atoms with E-state index in [-0.39, 0.29) is 5.91 Å². The van der Waals surface area contributed by atoms with E-state index in [1.54, 1.807) is 12.4 Å². The van der Waals surface area contributed by atoms with E-state index in [9.17, 15) is 4.79 Å². The summed E-state index contributed by atoms with van der Waals surface area (Å²) in [5.41, 5.74) is 7.18. The quantitative estimate of drug-likeness (QED) is 0.908. The number of rotatable bonds is 2. The lowest BCUT2D eigenvalue weighted by atomic mass is 10.1. The SMILES string of the molecule is CCC1CN(C(=O)c2sc3nccnc3c2N)CCN1C. The largest absolute Gasteiger partial charge is 0.396 e. The summed E-state index contributed by atoms with van der Waals surface area (Å²) in [6.07, 6.45) is 4.25. The molecule has 0 radical (unpaired) electrons. The predicted molar refractivity (Wildman–Crippen MR) is 84.4 cm³/mol. The van der Waals surface area contributed by atoms with Gasteiger partial charge in [-0.3, -0.25) is 9.69 Å². The Morgan fingerprint density at radius 2 is 2.19 bits per heavy atom. The maximum atomic E-state index is 12.7. The molecule has 1 aliphatic rings. The minimum Gasteiger partial charge on any atom is -0.396 e. The summed E-state index contributed by atoms with van der Waals surface area (Å²) >= 11 is 1.33. The normalized spacial score (nSPS) is 20.1. The highest BCUT2D eigenvalue weighted by molar-refractivity contribution is 7.21. The van der Waals surface area contributed by atoms with Gasteiger partial charge in [-0.1, -0.05) is 6.92 Å². The topological polar surface area (TPSA) is 75.3 Å². The molecule has 3 heterocycles. The fourth-order valence-electron chi connectivity index (χ4n) is 2.72. The van der Waals surface area contributed by atoms with Gasteiger partial charge in [-0.15, -0.1) is 11.3 Å². The van der Waals surface area contributed by atoms with E-state index < -0.39 is 0 Å². The number of thiophene rings is 1. The van der Waals surface area contributed by atoms with Crippen LogP contribution in [-0.4, -0.2) is 58.4 Å². The van der Waals surface area contributed by atoms with E-state index in [2.05, 4.69) is 28.8 Å². The van der Waals surface area contributed by atoms with Crippen LogP contribution in [0.1, 0.15) is 23.0 Å². The predicted octanol–water partition coefficient (Wildman–Crippen LogP) is 1.44. The monoisotopic (exact) mass is 305 g/mol. The van der Waals surface area contributed by atoms with Crippen molar-refractivity contribution in [2.45, 2.75) is 19.4 Å². The highest BCUT2D eigenvalue weighted by Crippen LogP contribution is 2.31. The summed E-state index contributed by atoms with van der Waals surface area (Å²) in [4.78, 5) is 26.7. The number of likely N-dealkylation sites (N-methyl/N-ethyl adjacent to an activating group) is 1. The number of piperazine rings is 1. The van der Waals surface area contributed by atoms with E-state index in [1.807, 2.05) is 4.90 Å². The number of hydrogen-bond acceptors (Lipinski definition) is 6. The van der Waals surface area contributed by atoms with Crippen molar-refractivity contribution in [3.63, 3.8) is 0 Å². The van der Waals surface area contributed by atoms with Crippen LogP contribution in [-0.2, 0) is 0 Å². The standard InChI is InChI=1S/C14H19N5OS/c1-3-9-8-19(7-6-18(9)2)14(20)12-10(15)11-13(21-12)17-5-4-16-11/h4-5,9H,3,6-8,15H2,1-2H3. The Morgan fingerprint density at radius 1 is 1.43 bits per heavy atom. The molecule has 0 bridgehead atoms. The number of anilines is 1. The number of nitrogens with zero attached hydrogens (tertiary/aromatic N) is 4. The Hall–Kier alpha value is -1.73. The molecule has 1 aliphatic heterocycles. The van der Waals surface area contributed by atoms with Crippen molar-refractivity contribution in [1.29, 1.82) is 0 Å². The average Bonchev–Trinajstić information content (AvgIpc) is 2.85. The van der Waals surface area contributed by atoms with Crippen LogP contribution in [0.3, 0.4) is 0 Å². The first kappa shape index (κ1) is 14.2. The van der Waals surface area contributed by atoms with Gasteiger partial charge in [0.05, 0.1) is 5.69 Å². The molecular weight excluding hydrogens is 286 g/mol. The van der Waals surface area contributed by atoms with Crippen molar-refractivity contribution >= 4 is 33.3 Å². The summed E-state index contributed by atoms with van der Waals surface area (Å²) in [5, 5.41) is 0. The van der Waals surface area contributed by atoms with Crippen molar-refractivity contribution in [2.24, 2.45) is 0 Å². The van der Waals surface area contributed by atoms with E-state index in [1.165, 1.54) is 11.3 Å². The van der Waals surface area contributed by atoms with Gasteiger partial charge in [-0.2, -0.15) is 0 Å². The molecule has 6 nitrogen and oxygen atoms in total. The molecule has 1 amide bonds. The average molecular weight is 305 g/mol. The highest BCUT2D eigenvalue weighted by atomic mass is 32.1. The zero-order valence-electron chi connectivity index (χ0n) is 12.2. The van der Waals surface area contributed by atoms with Crippen LogP contribution in [0.5, 0.6) is 0 Å². The molecule has 112 valence electrons. The zero-order valence-corrected chi connectivity index (χ0v) is 13.1. The van der Waals surface area contributed by atoms with Crippen LogP contribution >= 0.6 is 11.3 Å². The smallest absolute Gasteiger partial charge is 0.266 e. The Balaban J connectivity index is 1.88. The maximum absolute atomic E-state index is 12.7. The minimum atomic E-state index is 0.00356. The second-order valence-corrected chi connectivity index (χ2v) is 6.35. The molecule has 3 rings (SSSR count). The molecule has 1 fully saturated rings. The zero-order chi connectivity index (χ0) is 15.0. The summed E-state index contributed by atoms with van der Waals surface area (Å²) < 4.78 is 0. The third kappa shape index (κ3) is 2.47. The molecule has 0 spiro atoms. The van der Waals surface area contributed by atoms with Gasteiger partial charge >= 0.3 is 0 Å². The number of nitrogen functional groups attached to an aromatic ring is 1. The van der Waals surface area contributed by atoms with Crippen LogP contribution < -0.4 is 5.73 Å². The van der Waals surface area contributed by atoms with Gasteiger partial charge in [0, 0.05) is 38.1 Å². The third-order valence-corrected chi connectivity index (χ3v) is 5.18. The summed E-state index contributed by atoms with van der Waals surface area (Å²) in [7, 11) is 2.11. The first-order valence-corrected chi connectivity index (χ1v) is 7.92. The van der Waals surface area contributed by atoms with E-state index in [0.717, 1.165) is 30.9 Å². The number of carbonyl (C=O) groups excluding carboxylic acids is 1. The van der Waals surface area contributed by atoms with Crippen molar-refractivity contribution in [1.82, 2.24) is 19.8 Å². The summed E-state index contributed by atoms with van der Waals surface area (Å²) in [5.74, 6) is 0.00356. The van der Waals surface area contributed by atoms with Crippen LogP contribution in [0.2, 0.25) is 0 Å². The highest BCUT2D eigenvalue weighted by Gasteiger charge is 2.29. The van der Waals surface area contributed by atoms with Crippen molar-refractivity contribution in [2.75, 3.05) is 32.4 Å². The maximum Gasteiger partial charge on any atom is 0.266 e. The molecule has 21 heavy (non-hydrogen) atoms. The van der Waals surface area contributed by atoms with Gasteiger partial charge in [-0.05, 0) is 13.5 Å². The van der Waals surface area contributed by atoms with Gasteiger partial charge in [-0.25, -0.2) is 9.97 Å². The van der Waals surface area contributed by atoms with Gasteiger partial charge in [0.25, 0.3) is 5.91 Å². The Bertz CT molecular complexity index is 670. The van der Waals surface area contributed by atoms with Crippen LogP contribution in [0.25, 0.3) is 10.3 Å². The van der Waals surface area contributed by atoms with Crippen molar-refractivity contribution in [3.05, 3.63) is 17.3 Å². The van der Waals surface area contributed by atoms with E-state index in [0.29, 0.717) is 22.1 Å². The Labute approximate surface area is 127 Å². The lowest BCUT2D eigenvalue weighted by molar-refractivity contribution is 0.0547. The Morgan fingerprint density at radius 3 is 2.90 bits per heavy atom. The molecular formula is C14H19N5OS. The van der Waals surface area contributed by atoms with Crippen LogP contribution in [0.15, 0.2) is 12.4 Å². The van der Waals surface area contributed by atoms with Crippen LogP contribution in [0, 0.1) is 0 Å². The second kappa shape index (κ2) is 5.57. The third-order valence-electron chi connectivity index (χ3n) is 4.09. The molecule has 0 saturated carbocycles.